The number of rotatable bonds is 3. The summed E-state index contributed by atoms with van der Waals surface area (Å²) in [4.78, 5) is 12.5. The summed E-state index contributed by atoms with van der Waals surface area (Å²) in [5, 5.41) is 4.89. The van der Waals surface area contributed by atoms with Gasteiger partial charge >= 0.3 is 0 Å². The lowest BCUT2D eigenvalue weighted by Crippen LogP contribution is -2.08. The fraction of sp³-hybridized carbons (Fsp3) is 0.200. The number of methoxy groups -OCH3 is 1. The second kappa shape index (κ2) is 4.52. The summed E-state index contributed by atoms with van der Waals surface area (Å²) >= 11 is 0. The Morgan fingerprint density at radius 3 is 2.80 bits per heavy atom. The summed E-state index contributed by atoms with van der Waals surface area (Å²) in [6.07, 6.45) is 1.59. The number of aromatic nitrogens is 2. The lowest BCUT2D eigenvalue weighted by Gasteiger charge is -1.99. The van der Waals surface area contributed by atoms with Crippen molar-refractivity contribution < 1.29 is 13.9 Å². The molecule has 102 valence electrons. The van der Waals surface area contributed by atoms with E-state index in [9.17, 15) is 4.79 Å². The molecule has 2 aromatic heterocycles. The molecule has 0 saturated carbocycles. The zero-order chi connectivity index (χ0) is 14.3. The molecule has 0 aliphatic heterocycles. The molecule has 20 heavy (non-hydrogen) atoms. The monoisotopic (exact) mass is 270 g/mol. The fourth-order valence-corrected chi connectivity index (χ4v) is 2.26. The van der Waals surface area contributed by atoms with Crippen LogP contribution >= 0.6 is 0 Å². The Labute approximate surface area is 115 Å². The average molecular weight is 270 g/mol. The van der Waals surface area contributed by atoms with Gasteiger partial charge in [-0.1, -0.05) is 0 Å². The van der Waals surface area contributed by atoms with Crippen LogP contribution in [0.5, 0.6) is 5.75 Å². The molecule has 5 nitrogen and oxygen atoms in total. The first-order valence-corrected chi connectivity index (χ1v) is 6.21. The van der Waals surface area contributed by atoms with Crippen LogP contribution in [0.2, 0.25) is 0 Å². The van der Waals surface area contributed by atoms with E-state index in [2.05, 4.69) is 5.10 Å². The number of fused-ring (bicyclic) bond motifs is 1. The summed E-state index contributed by atoms with van der Waals surface area (Å²) in [6.45, 7) is 1.87. The molecule has 0 unspecified atom stereocenters. The van der Waals surface area contributed by atoms with E-state index in [-0.39, 0.29) is 5.78 Å². The van der Waals surface area contributed by atoms with E-state index in [0.717, 1.165) is 16.7 Å². The highest BCUT2D eigenvalue weighted by Gasteiger charge is 2.21. The Bertz CT molecular complexity index is 799. The maximum Gasteiger partial charge on any atom is 0.246 e. The van der Waals surface area contributed by atoms with Gasteiger partial charge in [0, 0.05) is 24.2 Å². The van der Waals surface area contributed by atoms with Crippen LogP contribution in [-0.4, -0.2) is 22.7 Å². The zero-order valence-electron chi connectivity index (χ0n) is 11.5. The number of furan rings is 1. The minimum absolute atomic E-state index is 0.169. The van der Waals surface area contributed by atoms with Gasteiger partial charge in [0.25, 0.3) is 0 Å². The normalized spacial score (nSPS) is 10.9. The number of carbonyl (C=O) groups excluding carboxylic acids is 1. The van der Waals surface area contributed by atoms with Crippen molar-refractivity contribution in [3.8, 4) is 5.75 Å². The smallest absolute Gasteiger partial charge is 0.246 e. The van der Waals surface area contributed by atoms with E-state index in [0.29, 0.717) is 17.0 Å². The average Bonchev–Trinajstić information content (AvgIpc) is 3.02. The third-order valence-corrected chi connectivity index (χ3v) is 3.40. The van der Waals surface area contributed by atoms with E-state index >= 15 is 0 Å². The molecule has 0 N–H and O–H groups in total. The van der Waals surface area contributed by atoms with Crippen molar-refractivity contribution in [3.63, 3.8) is 0 Å². The molecule has 0 saturated heterocycles. The molecule has 3 aromatic rings. The van der Waals surface area contributed by atoms with Crippen molar-refractivity contribution in [2.24, 2.45) is 7.05 Å². The van der Waals surface area contributed by atoms with Gasteiger partial charge in [-0.05, 0) is 31.2 Å². The number of hydrogen-bond donors (Lipinski definition) is 0. The molecule has 2 heterocycles. The van der Waals surface area contributed by atoms with E-state index in [4.69, 9.17) is 9.15 Å². The topological polar surface area (TPSA) is 57.3 Å². The highest BCUT2D eigenvalue weighted by molar-refractivity contribution is 6.09. The van der Waals surface area contributed by atoms with Crippen molar-refractivity contribution in [2.45, 2.75) is 6.92 Å². The molecule has 0 bridgehead atoms. The Kier molecular flexibility index (Phi) is 2.82. The summed E-state index contributed by atoms with van der Waals surface area (Å²) < 4.78 is 12.4. The second-order valence-corrected chi connectivity index (χ2v) is 4.59. The Morgan fingerprint density at radius 2 is 2.15 bits per heavy atom. The van der Waals surface area contributed by atoms with Gasteiger partial charge in [0.05, 0.1) is 7.11 Å². The molecular weight excluding hydrogens is 256 g/mol. The summed E-state index contributed by atoms with van der Waals surface area (Å²) in [6, 6.07) is 7.16. The number of ketones is 1. The highest BCUT2D eigenvalue weighted by Crippen LogP contribution is 2.29. The van der Waals surface area contributed by atoms with Crippen LogP contribution in [0.4, 0.5) is 0 Å². The number of hydrogen-bond acceptors (Lipinski definition) is 4. The van der Waals surface area contributed by atoms with Crippen molar-refractivity contribution in [1.29, 1.82) is 0 Å². The van der Waals surface area contributed by atoms with E-state index in [1.807, 2.05) is 19.1 Å². The van der Waals surface area contributed by atoms with Gasteiger partial charge in [-0.3, -0.25) is 9.48 Å². The van der Waals surface area contributed by atoms with Gasteiger partial charge in [0.2, 0.25) is 5.78 Å². The van der Waals surface area contributed by atoms with Crippen LogP contribution in [0.15, 0.2) is 34.9 Å². The van der Waals surface area contributed by atoms with E-state index in [1.165, 1.54) is 4.68 Å². The Balaban J connectivity index is 2.15. The van der Waals surface area contributed by atoms with Crippen LogP contribution in [0.3, 0.4) is 0 Å². The van der Waals surface area contributed by atoms with Gasteiger partial charge in [-0.25, -0.2) is 0 Å². The van der Waals surface area contributed by atoms with Crippen molar-refractivity contribution in [1.82, 2.24) is 9.78 Å². The quantitative estimate of drug-likeness (QED) is 0.687. The Hall–Kier alpha value is -2.56. The maximum atomic E-state index is 12.5. The van der Waals surface area contributed by atoms with Gasteiger partial charge < -0.3 is 9.15 Å². The molecule has 1 aromatic carbocycles. The van der Waals surface area contributed by atoms with Crippen LogP contribution in [0.1, 0.15) is 21.8 Å². The maximum absolute atomic E-state index is 12.5. The van der Waals surface area contributed by atoms with Gasteiger partial charge in [-0.2, -0.15) is 5.10 Å². The molecule has 0 atom stereocenters. The van der Waals surface area contributed by atoms with E-state index < -0.39 is 0 Å². The largest absolute Gasteiger partial charge is 0.497 e. The Morgan fingerprint density at radius 1 is 1.35 bits per heavy atom. The minimum atomic E-state index is -0.169. The number of nitrogens with zero attached hydrogens (tertiary/aromatic N) is 2. The number of aryl methyl sites for hydroxylation is 2. The minimum Gasteiger partial charge on any atom is -0.497 e. The lowest BCUT2D eigenvalue weighted by atomic mass is 10.1. The van der Waals surface area contributed by atoms with Crippen LogP contribution in [0, 0.1) is 6.92 Å². The molecule has 0 fully saturated rings. The summed E-state index contributed by atoms with van der Waals surface area (Å²) in [5.41, 5.74) is 1.98. The molecular formula is C15H14N2O3. The van der Waals surface area contributed by atoms with Gasteiger partial charge in [-0.15, -0.1) is 0 Å². The molecule has 3 rings (SSSR count). The second-order valence-electron chi connectivity index (χ2n) is 4.59. The van der Waals surface area contributed by atoms with Crippen LogP contribution < -0.4 is 4.74 Å². The predicted octanol–water partition coefficient (Wildman–Crippen LogP) is 2.71. The fourth-order valence-electron chi connectivity index (χ4n) is 2.26. The number of ether oxygens (including phenoxy) is 1. The number of carbonyl (C=O) groups is 1. The third kappa shape index (κ3) is 1.79. The number of benzene rings is 1. The van der Waals surface area contributed by atoms with E-state index in [1.54, 1.807) is 32.5 Å². The predicted molar refractivity (Wildman–Crippen MR) is 74.1 cm³/mol. The first-order chi connectivity index (χ1) is 9.61. The van der Waals surface area contributed by atoms with Crippen molar-refractivity contribution >= 4 is 16.8 Å². The van der Waals surface area contributed by atoms with Gasteiger partial charge in [0.1, 0.15) is 17.0 Å². The molecule has 5 heteroatoms. The van der Waals surface area contributed by atoms with Crippen LogP contribution in [-0.2, 0) is 7.05 Å². The molecule has 0 radical (unpaired) electrons. The van der Waals surface area contributed by atoms with Crippen molar-refractivity contribution in [2.75, 3.05) is 7.11 Å². The standard InChI is InChI=1S/C15H14N2O3/c1-9-11-8-10(19-3)4-5-13(11)20-15(9)14(18)12-6-7-16-17(12)2/h4-8H,1-3H3. The zero-order valence-corrected chi connectivity index (χ0v) is 11.5. The lowest BCUT2D eigenvalue weighted by molar-refractivity contribution is 0.100. The highest BCUT2D eigenvalue weighted by atomic mass is 16.5. The first-order valence-electron chi connectivity index (χ1n) is 6.21. The molecule has 0 amide bonds. The molecule has 0 aliphatic rings. The third-order valence-electron chi connectivity index (χ3n) is 3.40. The van der Waals surface area contributed by atoms with Crippen LogP contribution in [0.25, 0.3) is 11.0 Å². The summed E-state index contributed by atoms with van der Waals surface area (Å²) in [7, 11) is 3.34. The molecule has 0 aliphatic carbocycles. The summed E-state index contributed by atoms with van der Waals surface area (Å²) in [5.74, 6) is 0.912. The first kappa shape index (κ1) is 12.5. The van der Waals surface area contributed by atoms with Crippen molar-refractivity contribution in [3.05, 3.63) is 47.5 Å². The SMILES string of the molecule is COc1ccc2oc(C(=O)c3ccnn3C)c(C)c2c1. The van der Waals surface area contributed by atoms with Gasteiger partial charge in [0.15, 0.2) is 5.76 Å². The molecule has 0 spiro atoms.